The molecule has 1 amide bonds. The van der Waals surface area contributed by atoms with E-state index in [1.165, 1.54) is 6.42 Å². The molecule has 1 saturated carbocycles. The Kier molecular flexibility index (Phi) is 6.05. The highest BCUT2D eigenvalue weighted by Crippen LogP contribution is 2.18. The number of ether oxygens (including phenoxy) is 1. The first-order chi connectivity index (χ1) is 10.2. The lowest BCUT2D eigenvalue weighted by Gasteiger charge is -2.22. The van der Waals surface area contributed by atoms with E-state index in [0.717, 1.165) is 37.9 Å². The van der Waals surface area contributed by atoms with Gasteiger partial charge in [0.05, 0.1) is 6.61 Å². The van der Waals surface area contributed by atoms with E-state index in [1.807, 2.05) is 18.2 Å². The number of carbonyl (C=O) groups is 1. The molecule has 1 aliphatic carbocycles. The summed E-state index contributed by atoms with van der Waals surface area (Å²) in [5.41, 5.74) is 6.80. The van der Waals surface area contributed by atoms with Crippen LogP contribution in [0.4, 0.5) is 0 Å². The van der Waals surface area contributed by atoms with Crippen LogP contribution in [0.3, 0.4) is 0 Å². The number of rotatable bonds is 5. The molecule has 2 unspecified atom stereocenters. The summed E-state index contributed by atoms with van der Waals surface area (Å²) >= 11 is 0. The summed E-state index contributed by atoms with van der Waals surface area (Å²) in [7, 11) is 0. The van der Waals surface area contributed by atoms with Gasteiger partial charge in [0.1, 0.15) is 5.75 Å². The standard InChI is InChI=1S/C17H26N2O2/c1-2-11-21-14-8-6-7-13(12-14)17(20)19-16-10-5-3-4-9-15(16)18/h6-8,12,15-16H,2-5,9-11,18H2,1H3,(H,19,20). The third kappa shape index (κ3) is 4.74. The van der Waals surface area contributed by atoms with E-state index < -0.39 is 0 Å². The molecule has 0 saturated heterocycles. The second kappa shape index (κ2) is 8.03. The number of nitrogens with one attached hydrogen (secondary N) is 1. The molecule has 0 spiro atoms. The number of benzene rings is 1. The zero-order chi connectivity index (χ0) is 15.1. The highest BCUT2D eigenvalue weighted by atomic mass is 16.5. The number of hydrogen-bond donors (Lipinski definition) is 2. The molecule has 0 heterocycles. The Morgan fingerprint density at radius 3 is 2.95 bits per heavy atom. The van der Waals surface area contributed by atoms with Crippen LogP contribution in [-0.4, -0.2) is 24.6 Å². The van der Waals surface area contributed by atoms with Crippen LogP contribution in [-0.2, 0) is 0 Å². The maximum Gasteiger partial charge on any atom is 0.251 e. The van der Waals surface area contributed by atoms with Crippen molar-refractivity contribution in [2.75, 3.05) is 6.61 Å². The highest BCUT2D eigenvalue weighted by molar-refractivity contribution is 5.94. The van der Waals surface area contributed by atoms with Crippen molar-refractivity contribution >= 4 is 5.91 Å². The average Bonchev–Trinajstić information content (AvgIpc) is 2.70. The van der Waals surface area contributed by atoms with E-state index in [2.05, 4.69) is 12.2 Å². The van der Waals surface area contributed by atoms with Gasteiger partial charge in [-0.15, -0.1) is 0 Å². The first-order valence-electron chi connectivity index (χ1n) is 8.00. The molecule has 4 nitrogen and oxygen atoms in total. The van der Waals surface area contributed by atoms with Gasteiger partial charge in [-0.1, -0.05) is 32.3 Å². The summed E-state index contributed by atoms with van der Waals surface area (Å²) in [4.78, 5) is 12.4. The molecule has 3 N–H and O–H groups in total. The monoisotopic (exact) mass is 290 g/mol. The molecule has 1 aromatic carbocycles. The van der Waals surface area contributed by atoms with E-state index in [4.69, 9.17) is 10.5 Å². The molecule has 1 aliphatic rings. The summed E-state index contributed by atoms with van der Waals surface area (Å²) in [5, 5.41) is 3.09. The van der Waals surface area contributed by atoms with Crippen molar-refractivity contribution in [1.29, 1.82) is 0 Å². The second-order valence-electron chi connectivity index (χ2n) is 5.76. The van der Waals surface area contributed by atoms with Crippen molar-refractivity contribution in [2.24, 2.45) is 5.73 Å². The van der Waals surface area contributed by atoms with Gasteiger partial charge in [0.2, 0.25) is 0 Å². The van der Waals surface area contributed by atoms with Crippen LogP contribution in [0, 0.1) is 0 Å². The predicted molar refractivity (Wildman–Crippen MR) is 84.5 cm³/mol. The molecule has 116 valence electrons. The third-order valence-electron chi connectivity index (χ3n) is 3.95. The minimum Gasteiger partial charge on any atom is -0.494 e. The maximum atomic E-state index is 12.4. The van der Waals surface area contributed by atoms with Gasteiger partial charge >= 0.3 is 0 Å². The van der Waals surface area contributed by atoms with Crippen LogP contribution in [0.2, 0.25) is 0 Å². The van der Waals surface area contributed by atoms with Crippen molar-refractivity contribution in [2.45, 2.75) is 57.5 Å². The van der Waals surface area contributed by atoms with E-state index in [9.17, 15) is 4.79 Å². The molecule has 2 atom stereocenters. The van der Waals surface area contributed by atoms with Crippen LogP contribution in [0.15, 0.2) is 24.3 Å². The van der Waals surface area contributed by atoms with E-state index in [1.54, 1.807) is 6.07 Å². The van der Waals surface area contributed by atoms with Gasteiger partial charge in [-0.3, -0.25) is 4.79 Å². The number of nitrogens with two attached hydrogens (primary N) is 1. The quantitative estimate of drug-likeness (QED) is 0.820. The lowest BCUT2D eigenvalue weighted by molar-refractivity contribution is 0.0928. The van der Waals surface area contributed by atoms with Gasteiger partial charge in [-0.2, -0.15) is 0 Å². The third-order valence-corrected chi connectivity index (χ3v) is 3.95. The fraction of sp³-hybridized carbons (Fsp3) is 0.588. The molecule has 0 aromatic heterocycles. The molecule has 1 aromatic rings. The van der Waals surface area contributed by atoms with Crippen LogP contribution in [0.5, 0.6) is 5.75 Å². The number of amides is 1. The first kappa shape index (κ1) is 15.8. The van der Waals surface area contributed by atoms with Crippen molar-refractivity contribution < 1.29 is 9.53 Å². The Labute approximate surface area is 127 Å². The molecular weight excluding hydrogens is 264 g/mol. The Balaban J connectivity index is 1.98. The van der Waals surface area contributed by atoms with E-state index in [0.29, 0.717) is 12.2 Å². The molecule has 4 heteroatoms. The Bertz CT molecular complexity index is 462. The summed E-state index contributed by atoms with van der Waals surface area (Å²) < 4.78 is 5.57. The summed E-state index contributed by atoms with van der Waals surface area (Å²) in [6.45, 7) is 2.72. The van der Waals surface area contributed by atoms with Crippen molar-refractivity contribution in [1.82, 2.24) is 5.32 Å². The van der Waals surface area contributed by atoms with Crippen molar-refractivity contribution in [3.8, 4) is 5.75 Å². The second-order valence-corrected chi connectivity index (χ2v) is 5.76. The Morgan fingerprint density at radius 2 is 2.14 bits per heavy atom. The smallest absolute Gasteiger partial charge is 0.251 e. The minimum atomic E-state index is -0.0562. The van der Waals surface area contributed by atoms with Gasteiger partial charge in [-0.25, -0.2) is 0 Å². The van der Waals surface area contributed by atoms with E-state index in [-0.39, 0.29) is 18.0 Å². The lowest BCUT2D eigenvalue weighted by Crippen LogP contribution is -2.46. The normalized spacial score (nSPS) is 22.4. The molecule has 0 radical (unpaired) electrons. The molecule has 0 aliphatic heterocycles. The van der Waals surface area contributed by atoms with Crippen LogP contribution in [0.25, 0.3) is 0 Å². The van der Waals surface area contributed by atoms with Gasteiger partial charge in [0.25, 0.3) is 5.91 Å². The first-order valence-corrected chi connectivity index (χ1v) is 8.00. The van der Waals surface area contributed by atoms with Crippen molar-refractivity contribution in [3.63, 3.8) is 0 Å². The fourth-order valence-electron chi connectivity index (χ4n) is 2.71. The highest BCUT2D eigenvalue weighted by Gasteiger charge is 2.22. The van der Waals surface area contributed by atoms with Crippen LogP contribution >= 0.6 is 0 Å². The summed E-state index contributed by atoms with van der Waals surface area (Å²) in [6.07, 6.45) is 6.42. The zero-order valence-electron chi connectivity index (χ0n) is 12.8. The molecule has 0 bridgehead atoms. The Hall–Kier alpha value is -1.55. The molecular formula is C17H26N2O2. The van der Waals surface area contributed by atoms with Crippen LogP contribution < -0.4 is 15.8 Å². The largest absolute Gasteiger partial charge is 0.494 e. The van der Waals surface area contributed by atoms with Gasteiger partial charge in [0, 0.05) is 17.6 Å². The lowest BCUT2D eigenvalue weighted by atomic mass is 10.0. The number of carbonyl (C=O) groups excluding carboxylic acids is 1. The van der Waals surface area contributed by atoms with Gasteiger partial charge in [0.15, 0.2) is 0 Å². The fourth-order valence-corrected chi connectivity index (χ4v) is 2.71. The maximum absolute atomic E-state index is 12.4. The van der Waals surface area contributed by atoms with Crippen LogP contribution in [0.1, 0.15) is 55.8 Å². The SMILES string of the molecule is CCCOc1cccc(C(=O)NC2CCCCCC2N)c1. The average molecular weight is 290 g/mol. The van der Waals surface area contributed by atoms with Gasteiger partial charge in [-0.05, 0) is 37.5 Å². The summed E-state index contributed by atoms with van der Waals surface area (Å²) in [5.74, 6) is 0.689. The minimum absolute atomic E-state index is 0.0562. The molecule has 2 rings (SSSR count). The number of hydrogen-bond acceptors (Lipinski definition) is 3. The Morgan fingerprint density at radius 1 is 1.33 bits per heavy atom. The predicted octanol–water partition coefficient (Wildman–Crippen LogP) is 2.87. The van der Waals surface area contributed by atoms with Crippen molar-refractivity contribution in [3.05, 3.63) is 29.8 Å². The zero-order valence-corrected chi connectivity index (χ0v) is 12.8. The molecule has 1 fully saturated rings. The topological polar surface area (TPSA) is 64.3 Å². The van der Waals surface area contributed by atoms with E-state index >= 15 is 0 Å². The summed E-state index contributed by atoms with van der Waals surface area (Å²) in [6, 6.07) is 7.50. The molecule has 21 heavy (non-hydrogen) atoms. The van der Waals surface area contributed by atoms with Gasteiger partial charge < -0.3 is 15.8 Å².